The molecular weight excluding hydrogens is 304 g/mol. The van der Waals surface area contributed by atoms with Crippen molar-refractivity contribution < 1.29 is 13.2 Å². The summed E-state index contributed by atoms with van der Waals surface area (Å²) in [4.78, 5) is 1.73. The summed E-state index contributed by atoms with van der Waals surface area (Å²) in [5.41, 5.74) is 1.34. The van der Waals surface area contributed by atoms with Crippen molar-refractivity contribution in [1.82, 2.24) is 14.1 Å². The Labute approximate surface area is 129 Å². The van der Waals surface area contributed by atoms with Gasteiger partial charge in [0.1, 0.15) is 0 Å². The Morgan fingerprint density at radius 1 is 1.18 bits per heavy atom. The number of rotatable bonds is 3. The average Bonchev–Trinajstić information content (AvgIpc) is 2.94. The van der Waals surface area contributed by atoms with Crippen LogP contribution in [0.5, 0.6) is 5.88 Å². The van der Waals surface area contributed by atoms with E-state index in [2.05, 4.69) is 9.50 Å². The van der Waals surface area contributed by atoms with Gasteiger partial charge in [-0.05, 0) is 13.8 Å². The number of fused-ring (bicyclic) bond motifs is 1. The Kier molecular flexibility index (Phi) is 3.61. The molecule has 0 bridgehead atoms. The molecule has 1 aliphatic rings. The lowest BCUT2D eigenvalue weighted by atomic mass is 10.2. The molecule has 0 saturated carbocycles. The molecule has 1 aromatic carbocycles. The smallest absolute Gasteiger partial charge is 0.371 e. The van der Waals surface area contributed by atoms with Crippen LogP contribution in [0.15, 0.2) is 40.8 Å². The Hall–Kier alpha value is -2.35. The summed E-state index contributed by atoms with van der Waals surface area (Å²) < 4.78 is 34.7. The first kappa shape index (κ1) is 14.6. The first-order chi connectivity index (χ1) is 10.5. The van der Waals surface area contributed by atoms with Crippen LogP contribution in [0, 0.1) is 0 Å². The predicted octanol–water partition coefficient (Wildman–Crippen LogP) is 1.73. The molecule has 22 heavy (non-hydrogen) atoms. The third-order valence-corrected chi connectivity index (χ3v) is 4.44. The van der Waals surface area contributed by atoms with E-state index in [0.29, 0.717) is 18.8 Å². The highest BCUT2D eigenvalue weighted by molar-refractivity contribution is 7.88. The van der Waals surface area contributed by atoms with Gasteiger partial charge in [-0.25, -0.2) is 0 Å². The molecule has 2 heterocycles. The number of hydrogen-bond donors (Lipinski definition) is 0. The predicted molar refractivity (Wildman–Crippen MR) is 83.0 cm³/mol. The molecule has 1 aliphatic heterocycles. The second-order valence-corrected chi connectivity index (χ2v) is 6.13. The topological polar surface area (TPSA) is 76.8 Å². The number of hydrogen-bond acceptors (Lipinski definition) is 5. The first-order valence-electron chi connectivity index (χ1n) is 6.99. The number of ether oxygens (including phenoxy) is 1. The number of nitrogens with zero attached hydrogens (tertiary/aromatic N) is 4. The lowest BCUT2D eigenvalue weighted by Gasteiger charge is -2.24. The zero-order valence-electron chi connectivity index (χ0n) is 12.3. The molecular formula is C14H16N4O3S. The molecule has 0 unspecified atom stereocenters. The normalized spacial score (nSPS) is 15.6. The van der Waals surface area contributed by atoms with E-state index in [1.54, 1.807) is 11.0 Å². The van der Waals surface area contributed by atoms with Gasteiger partial charge in [0, 0.05) is 24.7 Å². The minimum Gasteiger partial charge on any atom is -0.405 e. The van der Waals surface area contributed by atoms with Crippen LogP contribution in [-0.2, 0) is 10.2 Å². The number of aromatic nitrogens is 2. The molecule has 0 aliphatic carbocycles. The number of benzene rings is 1. The largest absolute Gasteiger partial charge is 0.405 e. The van der Waals surface area contributed by atoms with Crippen LogP contribution in [0.25, 0.3) is 11.3 Å². The lowest BCUT2D eigenvalue weighted by molar-refractivity contribution is 0.350. The third-order valence-electron chi connectivity index (χ3n) is 3.36. The highest BCUT2D eigenvalue weighted by atomic mass is 32.2. The van der Waals surface area contributed by atoms with Crippen molar-refractivity contribution in [3.8, 4) is 17.1 Å². The summed E-state index contributed by atoms with van der Waals surface area (Å²) in [6.45, 7) is 5.02. The van der Waals surface area contributed by atoms with Crippen LogP contribution in [0.3, 0.4) is 0 Å². The van der Waals surface area contributed by atoms with Crippen molar-refractivity contribution in [2.45, 2.75) is 13.8 Å². The van der Waals surface area contributed by atoms with E-state index in [-0.39, 0.29) is 11.9 Å². The Bertz CT molecular complexity index is 808. The maximum Gasteiger partial charge on any atom is 0.371 e. The van der Waals surface area contributed by atoms with E-state index in [4.69, 9.17) is 4.74 Å². The van der Waals surface area contributed by atoms with Gasteiger partial charge in [0.25, 0.3) is 0 Å². The van der Waals surface area contributed by atoms with Gasteiger partial charge in [-0.1, -0.05) is 34.7 Å². The molecule has 0 atom stereocenters. The van der Waals surface area contributed by atoms with E-state index >= 15 is 0 Å². The molecule has 0 N–H and O–H groups in total. The van der Waals surface area contributed by atoms with E-state index < -0.39 is 10.2 Å². The highest BCUT2D eigenvalue weighted by Crippen LogP contribution is 2.27. The summed E-state index contributed by atoms with van der Waals surface area (Å²) in [5.74, 6) is 0.149. The zero-order valence-corrected chi connectivity index (χ0v) is 13.1. The minimum atomic E-state index is -3.92. The first-order valence-corrected chi connectivity index (χ1v) is 8.38. The SMILES string of the molecule is CCN(CC)C1=NS(=O)(=O)n2nc(-c3ccccc3)cc2O1. The van der Waals surface area contributed by atoms with E-state index in [9.17, 15) is 8.42 Å². The minimum absolute atomic E-state index is 0.0806. The van der Waals surface area contributed by atoms with E-state index in [1.165, 1.54) is 0 Å². The quantitative estimate of drug-likeness (QED) is 0.861. The second kappa shape index (κ2) is 5.45. The van der Waals surface area contributed by atoms with Crippen LogP contribution < -0.4 is 4.74 Å². The molecule has 0 radical (unpaired) electrons. The van der Waals surface area contributed by atoms with Gasteiger partial charge in [0.2, 0.25) is 5.88 Å². The van der Waals surface area contributed by atoms with Crippen LogP contribution in [0.2, 0.25) is 0 Å². The Morgan fingerprint density at radius 3 is 2.50 bits per heavy atom. The fourth-order valence-corrected chi connectivity index (χ4v) is 3.13. The molecule has 116 valence electrons. The molecule has 2 aromatic rings. The molecule has 0 amide bonds. The van der Waals surface area contributed by atoms with Gasteiger partial charge >= 0.3 is 16.2 Å². The summed E-state index contributed by atoms with van der Waals surface area (Å²) in [7, 11) is -3.92. The van der Waals surface area contributed by atoms with E-state index in [1.807, 2.05) is 44.2 Å². The van der Waals surface area contributed by atoms with E-state index in [0.717, 1.165) is 9.65 Å². The van der Waals surface area contributed by atoms with Crippen LogP contribution >= 0.6 is 0 Å². The van der Waals surface area contributed by atoms with Crippen LogP contribution in [-0.4, -0.2) is 41.6 Å². The fourth-order valence-electron chi connectivity index (χ4n) is 2.20. The highest BCUT2D eigenvalue weighted by Gasteiger charge is 2.30. The van der Waals surface area contributed by atoms with Gasteiger partial charge < -0.3 is 9.64 Å². The van der Waals surface area contributed by atoms with Crippen molar-refractivity contribution in [2.24, 2.45) is 4.40 Å². The number of amidine groups is 1. The summed E-state index contributed by atoms with van der Waals surface area (Å²) in [6.07, 6.45) is 0. The van der Waals surface area contributed by atoms with Gasteiger partial charge in [-0.2, -0.15) is 13.5 Å². The molecule has 7 nitrogen and oxygen atoms in total. The summed E-state index contributed by atoms with van der Waals surface area (Å²) in [6, 6.07) is 11.0. The van der Waals surface area contributed by atoms with Crippen LogP contribution in [0.1, 0.15) is 13.8 Å². The van der Waals surface area contributed by atoms with Gasteiger partial charge in [-0.15, -0.1) is 4.09 Å². The summed E-state index contributed by atoms with van der Waals surface area (Å²) >= 11 is 0. The average molecular weight is 320 g/mol. The molecule has 0 fully saturated rings. The third kappa shape index (κ3) is 2.45. The second-order valence-electron chi connectivity index (χ2n) is 4.70. The molecule has 3 rings (SSSR count). The van der Waals surface area contributed by atoms with Crippen molar-refractivity contribution in [3.05, 3.63) is 36.4 Å². The molecule has 8 heteroatoms. The lowest BCUT2D eigenvalue weighted by Crippen LogP contribution is -2.39. The Balaban J connectivity index is 2.04. The monoisotopic (exact) mass is 320 g/mol. The van der Waals surface area contributed by atoms with Crippen molar-refractivity contribution in [3.63, 3.8) is 0 Å². The van der Waals surface area contributed by atoms with Crippen molar-refractivity contribution in [1.29, 1.82) is 0 Å². The maximum atomic E-state index is 12.3. The maximum absolute atomic E-state index is 12.3. The van der Waals surface area contributed by atoms with Crippen molar-refractivity contribution in [2.75, 3.05) is 13.1 Å². The fraction of sp³-hybridized carbons (Fsp3) is 0.286. The van der Waals surface area contributed by atoms with Gasteiger partial charge in [0.15, 0.2) is 0 Å². The molecule has 0 spiro atoms. The van der Waals surface area contributed by atoms with Gasteiger partial charge in [0.05, 0.1) is 5.69 Å². The van der Waals surface area contributed by atoms with Crippen molar-refractivity contribution >= 4 is 16.2 Å². The molecule has 1 aromatic heterocycles. The standard InChI is InChI=1S/C14H16N4O3S/c1-3-17(4-2)14-16-22(19,20)18-13(21-14)10-12(15-18)11-8-6-5-7-9-11/h5-10H,3-4H2,1-2H3. The molecule has 0 saturated heterocycles. The van der Waals surface area contributed by atoms with Gasteiger partial charge in [-0.3, -0.25) is 0 Å². The zero-order chi connectivity index (χ0) is 15.7. The van der Waals surface area contributed by atoms with Crippen LogP contribution in [0.4, 0.5) is 0 Å². The summed E-state index contributed by atoms with van der Waals surface area (Å²) in [5, 5.41) is 4.10. The Morgan fingerprint density at radius 2 is 1.86 bits per heavy atom.